The van der Waals surface area contributed by atoms with Gasteiger partial charge in [-0.1, -0.05) is 6.92 Å². The predicted octanol–water partition coefficient (Wildman–Crippen LogP) is 1.78. The van der Waals surface area contributed by atoms with Crippen molar-refractivity contribution in [3.05, 3.63) is 16.1 Å². The fourth-order valence-corrected chi connectivity index (χ4v) is 2.56. The van der Waals surface area contributed by atoms with Crippen molar-refractivity contribution in [1.82, 2.24) is 4.98 Å². The Bertz CT molecular complexity index is 294. The molecular weight excluding hydrogens is 198 g/mol. The summed E-state index contributed by atoms with van der Waals surface area (Å²) in [5.74, 6) is 0.242. The van der Waals surface area contributed by atoms with E-state index in [0.717, 1.165) is 24.5 Å². The molecule has 0 radical (unpaired) electrons. The lowest BCUT2D eigenvalue weighted by atomic mass is 10.0. The molecule has 1 aliphatic heterocycles. The fourth-order valence-electron chi connectivity index (χ4n) is 1.63. The highest BCUT2D eigenvalue weighted by atomic mass is 32.1. The Morgan fingerprint density at radius 2 is 2.64 bits per heavy atom. The van der Waals surface area contributed by atoms with Gasteiger partial charge in [0.05, 0.1) is 6.61 Å². The van der Waals surface area contributed by atoms with Crippen LogP contribution >= 0.6 is 11.3 Å². The average Bonchev–Trinajstić information content (AvgIpc) is 2.88. The van der Waals surface area contributed by atoms with Crippen molar-refractivity contribution < 1.29 is 9.84 Å². The number of aliphatic hydroxyl groups is 1. The maximum absolute atomic E-state index is 10.00. The third kappa shape index (κ3) is 1.97. The van der Waals surface area contributed by atoms with Crippen molar-refractivity contribution in [3.8, 4) is 0 Å². The second kappa shape index (κ2) is 4.38. The highest BCUT2D eigenvalue weighted by Crippen LogP contribution is 2.31. The molecule has 14 heavy (non-hydrogen) atoms. The fraction of sp³-hybridized carbons (Fsp3) is 0.700. The number of aromatic nitrogens is 1. The Balaban J connectivity index is 2.05. The maximum Gasteiger partial charge on any atom is 0.122 e. The highest BCUT2D eigenvalue weighted by Gasteiger charge is 2.27. The summed E-state index contributed by atoms with van der Waals surface area (Å²) in [6, 6.07) is 0. The molecule has 0 bridgehead atoms. The summed E-state index contributed by atoms with van der Waals surface area (Å²) < 4.78 is 5.25. The Hall–Kier alpha value is -0.450. The third-order valence-electron chi connectivity index (χ3n) is 2.58. The molecule has 78 valence electrons. The monoisotopic (exact) mass is 213 g/mol. The molecule has 2 unspecified atom stereocenters. The smallest absolute Gasteiger partial charge is 0.122 e. The van der Waals surface area contributed by atoms with Gasteiger partial charge in [0.15, 0.2) is 0 Å². The number of aliphatic hydroxyl groups excluding tert-OH is 1. The van der Waals surface area contributed by atoms with Crippen LogP contribution in [0.15, 0.2) is 6.20 Å². The molecule has 0 saturated carbocycles. The topological polar surface area (TPSA) is 42.4 Å². The molecule has 1 saturated heterocycles. The van der Waals surface area contributed by atoms with Gasteiger partial charge in [0, 0.05) is 23.6 Å². The van der Waals surface area contributed by atoms with E-state index in [9.17, 15) is 5.11 Å². The van der Waals surface area contributed by atoms with Crippen LogP contribution in [0, 0.1) is 5.92 Å². The van der Waals surface area contributed by atoms with E-state index in [1.54, 1.807) is 11.3 Å². The minimum atomic E-state index is -0.428. The molecule has 2 heterocycles. The van der Waals surface area contributed by atoms with Crippen LogP contribution in [0.4, 0.5) is 0 Å². The van der Waals surface area contributed by atoms with Crippen LogP contribution in [0.5, 0.6) is 0 Å². The molecule has 4 heteroatoms. The van der Waals surface area contributed by atoms with E-state index in [1.165, 1.54) is 4.88 Å². The van der Waals surface area contributed by atoms with Gasteiger partial charge in [0.1, 0.15) is 11.1 Å². The third-order valence-corrected chi connectivity index (χ3v) is 3.80. The lowest BCUT2D eigenvalue weighted by Gasteiger charge is -2.12. The standard InChI is InChI=1S/C10H15NO2S/c1-2-8-5-11-10(14-8)9(12)7-3-4-13-6-7/h5,7,9,12H,2-4,6H2,1H3. The Kier molecular flexibility index (Phi) is 3.15. The Morgan fingerprint density at radius 1 is 1.79 bits per heavy atom. The summed E-state index contributed by atoms with van der Waals surface area (Å²) in [5, 5.41) is 10.8. The zero-order valence-electron chi connectivity index (χ0n) is 8.27. The SMILES string of the molecule is CCc1cnc(C(O)C2CCOC2)s1. The zero-order valence-corrected chi connectivity index (χ0v) is 9.09. The van der Waals surface area contributed by atoms with Gasteiger partial charge in [-0.3, -0.25) is 0 Å². The molecule has 1 aromatic rings. The summed E-state index contributed by atoms with van der Waals surface area (Å²) in [4.78, 5) is 5.48. The van der Waals surface area contributed by atoms with Crippen LogP contribution in [0.2, 0.25) is 0 Å². The van der Waals surface area contributed by atoms with Crippen LogP contribution in [0.1, 0.15) is 29.3 Å². The van der Waals surface area contributed by atoms with Gasteiger partial charge in [-0.2, -0.15) is 0 Å². The zero-order chi connectivity index (χ0) is 9.97. The second-order valence-electron chi connectivity index (χ2n) is 3.59. The summed E-state index contributed by atoms with van der Waals surface area (Å²) in [7, 11) is 0. The number of rotatable bonds is 3. The Morgan fingerprint density at radius 3 is 3.21 bits per heavy atom. The lowest BCUT2D eigenvalue weighted by molar-refractivity contribution is 0.0916. The molecule has 0 aromatic carbocycles. The van der Waals surface area contributed by atoms with Crippen molar-refractivity contribution in [1.29, 1.82) is 0 Å². The Labute approximate surface area is 87.7 Å². The van der Waals surface area contributed by atoms with Crippen molar-refractivity contribution >= 4 is 11.3 Å². The molecule has 2 atom stereocenters. The molecule has 1 fully saturated rings. The molecule has 0 amide bonds. The second-order valence-corrected chi connectivity index (χ2v) is 4.73. The van der Waals surface area contributed by atoms with Gasteiger partial charge in [-0.05, 0) is 12.8 Å². The lowest BCUT2D eigenvalue weighted by Crippen LogP contribution is -2.11. The number of hydrogen-bond donors (Lipinski definition) is 1. The number of aryl methyl sites for hydroxylation is 1. The molecule has 2 rings (SSSR count). The molecule has 1 aromatic heterocycles. The maximum atomic E-state index is 10.00. The number of ether oxygens (including phenoxy) is 1. The van der Waals surface area contributed by atoms with Crippen LogP contribution < -0.4 is 0 Å². The predicted molar refractivity (Wildman–Crippen MR) is 55.4 cm³/mol. The van der Waals surface area contributed by atoms with Crippen LogP contribution in [-0.2, 0) is 11.2 Å². The first-order valence-electron chi connectivity index (χ1n) is 5.01. The first kappa shape index (κ1) is 10.1. The molecule has 1 N–H and O–H groups in total. The summed E-state index contributed by atoms with van der Waals surface area (Å²) >= 11 is 1.61. The van der Waals surface area contributed by atoms with Gasteiger partial charge in [-0.15, -0.1) is 11.3 Å². The average molecular weight is 213 g/mol. The van der Waals surface area contributed by atoms with Crippen molar-refractivity contribution in [3.63, 3.8) is 0 Å². The summed E-state index contributed by atoms with van der Waals surface area (Å²) in [5.41, 5.74) is 0. The molecule has 3 nitrogen and oxygen atoms in total. The summed E-state index contributed by atoms with van der Waals surface area (Å²) in [6.45, 7) is 3.54. The number of nitrogens with zero attached hydrogens (tertiary/aromatic N) is 1. The molecular formula is C10H15NO2S. The van der Waals surface area contributed by atoms with Crippen molar-refractivity contribution in [2.75, 3.05) is 13.2 Å². The van der Waals surface area contributed by atoms with Crippen LogP contribution in [0.25, 0.3) is 0 Å². The van der Waals surface area contributed by atoms with E-state index >= 15 is 0 Å². The number of hydrogen-bond acceptors (Lipinski definition) is 4. The van der Waals surface area contributed by atoms with Gasteiger partial charge in [0.2, 0.25) is 0 Å². The minimum absolute atomic E-state index is 0.242. The van der Waals surface area contributed by atoms with Gasteiger partial charge < -0.3 is 9.84 Å². The van der Waals surface area contributed by atoms with E-state index in [1.807, 2.05) is 6.20 Å². The van der Waals surface area contributed by atoms with E-state index in [0.29, 0.717) is 6.61 Å². The molecule has 0 spiro atoms. The van der Waals surface area contributed by atoms with Crippen molar-refractivity contribution in [2.24, 2.45) is 5.92 Å². The van der Waals surface area contributed by atoms with E-state index in [4.69, 9.17) is 4.74 Å². The molecule has 1 aliphatic rings. The first-order valence-corrected chi connectivity index (χ1v) is 5.83. The van der Waals surface area contributed by atoms with Gasteiger partial charge in [0.25, 0.3) is 0 Å². The van der Waals surface area contributed by atoms with E-state index in [-0.39, 0.29) is 5.92 Å². The van der Waals surface area contributed by atoms with Crippen LogP contribution in [0.3, 0.4) is 0 Å². The molecule has 0 aliphatic carbocycles. The quantitative estimate of drug-likeness (QED) is 0.832. The van der Waals surface area contributed by atoms with Crippen molar-refractivity contribution in [2.45, 2.75) is 25.9 Å². The highest BCUT2D eigenvalue weighted by molar-refractivity contribution is 7.11. The van der Waals surface area contributed by atoms with E-state index < -0.39 is 6.10 Å². The summed E-state index contributed by atoms with van der Waals surface area (Å²) in [6.07, 6.45) is 3.37. The van der Waals surface area contributed by atoms with E-state index in [2.05, 4.69) is 11.9 Å². The number of thiazole rings is 1. The normalized spacial score (nSPS) is 24.0. The van der Waals surface area contributed by atoms with Crippen LogP contribution in [-0.4, -0.2) is 23.3 Å². The minimum Gasteiger partial charge on any atom is -0.386 e. The van der Waals surface area contributed by atoms with Gasteiger partial charge >= 0.3 is 0 Å². The first-order chi connectivity index (χ1) is 6.81. The van der Waals surface area contributed by atoms with Gasteiger partial charge in [-0.25, -0.2) is 4.98 Å². The largest absolute Gasteiger partial charge is 0.386 e.